The van der Waals surface area contributed by atoms with Crippen LogP contribution in [0.4, 0.5) is 0 Å². The maximum Gasteiger partial charge on any atom is 0.0266 e. The Balaban J connectivity index is 2.27. The molecule has 1 nitrogen and oxygen atoms in total. The molecule has 1 fully saturated rings. The maximum atomic E-state index is 2.52. The van der Waals surface area contributed by atoms with Gasteiger partial charge in [0.05, 0.1) is 0 Å². The van der Waals surface area contributed by atoms with E-state index in [1.165, 1.54) is 49.6 Å². The molecule has 0 atom stereocenters. The number of hydrogen-bond acceptors (Lipinski definition) is 2. The minimum absolute atomic E-state index is 1.25. The van der Waals surface area contributed by atoms with Crippen LogP contribution in [-0.4, -0.2) is 29.5 Å². The summed E-state index contributed by atoms with van der Waals surface area (Å²) >= 11 is 2.08. The first-order valence-electron chi connectivity index (χ1n) is 5.34. The second-order valence-corrected chi connectivity index (χ2v) is 4.81. The molecule has 0 aromatic carbocycles. The van der Waals surface area contributed by atoms with Crippen LogP contribution in [0.5, 0.6) is 0 Å². The topological polar surface area (TPSA) is 3.24 Å². The van der Waals surface area contributed by atoms with Gasteiger partial charge in [0.15, 0.2) is 0 Å². The Morgan fingerprint density at radius 3 is 2.69 bits per heavy atom. The van der Waals surface area contributed by atoms with Gasteiger partial charge in [0.1, 0.15) is 0 Å². The third-order valence-corrected chi connectivity index (χ3v) is 3.45. The van der Waals surface area contributed by atoms with Crippen LogP contribution in [0.15, 0.2) is 11.8 Å². The third-order valence-electron chi connectivity index (χ3n) is 2.51. The number of allylic oxidation sites excluding steroid dienone is 2. The van der Waals surface area contributed by atoms with Crippen LogP contribution < -0.4 is 0 Å². The largest absolute Gasteiger partial charge is 0.374 e. The summed E-state index contributed by atoms with van der Waals surface area (Å²) in [5.74, 6) is 2.61. The molecule has 0 aromatic rings. The van der Waals surface area contributed by atoms with Crippen molar-refractivity contribution in [2.24, 2.45) is 0 Å². The Morgan fingerprint density at radius 1 is 1.38 bits per heavy atom. The summed E-state index contributed by atoms with van der Waals surface area (Å²) in [6.07, 6.45) is 6.30. The van der Waals surface area contributed by atoms with E-state index in [0.717, 1.165) is 0 Å². The van der Waals surface area contributed by atoms with Crippen molar-refractivity contribution in [2.75, 3.05) is 24.6 Å². The molecule has 2 heteroatoms. The molecule has 0 spiro atoms. The van der Waals surface area contributed by atoms with Gasteiger partial charge in [-0.1, -0.05) is 25.8 Å². The normalized spacial score (nSPS) is 19.2. The standard InChI is InChI=1S/C11H21NS/c1-3-4-5-6-11(2)12-7-9-13-10-8-12/h6H,3-5,7-10H2,1-2H3. The van der Waals surface area contributed by atoms with E-state index in [4.69, 9.17) is 0 Å². The Hall–Kier alpha value is -0.110. The minimum Gasteiger partial charge on any atom is -0.374 e. The summed E-state index contributed by atoms with van der Waals surface area (Å²) in [5, 5.41) is 0. The molecule has 0 aliphatic carbocycles. The van der Waals surface area contributed by atoms with Crippen LogP contribution in [0.2, 0.25) is 0 Å². The predicted octanol–water partition coefficient (Wildman–Crippen LogP) is 3.13. The monoisotopic (exact) mass is 199 g/mol. The highest BCUT2D eigenvalue weighted by Gasteiger charge is 2.09. The first kappa shape index (κ1) is 11.0. The van der Waals surface area contributed by atoms with E-state index < -0.39 is 0 Å². The highest BCUT2D eigenvalue weighted by molar-refractivity contribution is 7.99. The van der Waals surface area contributed by atoms with Gasteiger partial charge in [-0.25, -0.2) is 0 Å². The van der Waals surface area contributed by atoms with Crippen molar-refractivity contribution in [3.63, 3.8) is 0 Å². The van der Waals surface area contributed by atoms with Crippen molar-refractivity contribution >= 4 is 11.8 Å². The highest BCUT2D eigenvalue weighted by atomic mass is 32.2. The molecule has 1 rings (SSSR count). The van der Waals surface area contributed by atoms with Crippen molar-refractivity contribution in [1.29, 1.82) is 0 Å². The van der Waals surface area contributed by atoms with Gasteiger partial charge in [-0.15, -0.1) is 0 Å². The Kier molecular flexibility index (Phi) is 5.37. The summed E-state index contributed by atoms with van der Waals surface area (Å²) in [7, 11) is 0. The lowest BCUT2D eigenvalue weighted by Gasteiger charge is -2.29. The van der Waals surface area contributed by atoms with Crippen molar-refractivity contribution in [1.82, 2.24) is 4.90 Å². The van der Waals surface area contributed by atoms with Crippen molar-refractivity contribution < 1.29 is 0 Å². The molecular formula is C11H21NS. The zero-order valence-electron chi connectivity index (χ0n) is 8.88. The molecule has 0 radical (unpaired) electrons. The van der Waals surface area contributed by atoms with Crippen molar-refractivity contribution in [3.8, 4) is 0 Å². The van der Waals surface area contributed by atoms with E-state index in [1.54, 1.807) is 0 Å². The summed E-state index contributed by atoms with van der Waals surface area (Å²) in [6, 6.07) is 0. The van der Waals surface area contributed by atoms with Crippen LogP contribution in [0.25, 0.3) is 0 Å². The third kappa shape index (κ3) is 4.08. The van der Waals surface area contributed by atoms with Crippen molar-refractivity contribution in [3.05, 3.63) is 11.8 Å². The summed E-state index contributed by atoms with van der Waals surface area (Å²) in [6.45, 7) is 7.00. The van der Waals surface area contributed by atoms with Gasteiger partial charge >= 0.3 is 0 Å². The average Bonchev–Trinajstić information content (AvgIpc) is 2.19. The summed E-state index contributed by atoms with van der Waals surface area (Å²) in [5.41, 5.74) is 1.49. The fourth-order valence-electron chi connectivity index (χ4n) is 1.56. The molecule has 0 saturated carbocycles. The number of thioether (sulfide) groups is 1. The Morgan fingerprint density at radius 2 is 2.08 bits per heavy atom. The quantitative estimate of drug-likeness (QED) is 0.640. The lowest BCUT2D eigenvalue weighted by Crippen LogP contribution is -2.30. The van der Waals surface area contributed by atoms with Crippen LogP contribution >= 0.6 is 11.8 Å². The number of unbranched alkanes of at least 4 members (excludes halogenated alkanes) is 2. The van der Waals surface area contributed by atoms with Gasteiger partial charge in [0.2, 0.25) is 0 Å². The predicted molar refractivity (Wildman–Crippen MR) is 62.2 cm³/mol. The fraction of sp³-hybridized carbons (Fsp3) is 0.818. The van der Waals surface area contributed by atoms with Crippen LogP contribution in [0.1, 0.15) is 33.1 Å². The van der Waals surface area contributed by atoms with E-state index in [9.17, 15) is 0 Å². The number of nitrogens with zero attached hydrogens (tertiary/aromatic N) is 1. The van der Waals surface area contributed by atoms with E-state index in [1.807, 2.05) is 0 Å². The fourth-order valence-corrected chi connectivity index (χ4v) is 2.46. The SMILES string of the molecule is CCCCC=C(C)N1CCSCC1. The molecule has 0 aromatic heterocycles. The maximum absolute atomic E-state index is 2.52. The van der Waals surface area contributed by atoms with Gasteiger partial charge in [0.25, 0.3) is 0 Å². The molecule has 13 heavy (non-hydrogen) atoms. The Bertz CT molecular complexity index is 159. The molecule has 1 aliphatic heterocycles. The molecule has 1 aliphatic rings. The Labute approximate surface area is 86.6 Å². The smallest absolute Gasteiger partial charge is 0.0266 e. The number of rotatable bonds is 4. The van der Waals surface area contributed by atoms with Gasteiger partial charge in [-0.2, -0.15) is 11.8 Å². The van der Waals surface area contributed by atoms with E-state index in [-0.39, 0.29) is 0 Å². The van der Waals surface area contributed by atoms with E-state index in [0.29, 0.717) is 0 Å². The lowest BCUT2D eigenvalue weighted by atomic mass is 10.2. The minimum atomic E-state index is 1.25. The zero-order valence-corrected chi connectivity index (χ0v) is 9.70. The van der Waals surface area contributed by atoms with Crippen LogP contribution in [0.3, 0.4) is 0 Å². The van der Waals surface area contributed by atoms with Crippen molar-refractivity contribution in [2.45, 2.75) is 33.1 Å². The summed E-state index contributed by atoms with van der Waals surface area (Å²) in [4.78, 5) is 2.52. The average molecular weight is 199 g/mol. The van der Waals surface area contributed by atoms with Crippen LogP contribution in [-0.2, 0) is 0 Å². The second-order valence-electron chi connectivity index (χ2n) is 3.59. The summed E-state index contributed by atoms with van der Waals surface area (Å²) < 4.78 is 0. The van der Waals surface area contributed by atoms with Gasteiger partial charge in [-0.3, -0.25) is 0 Å². The van der Waals surface area contributed by atoms with Gasteiger partial charge < -0.3 is 4.90 Å². The lowest BCUT2D eigenvalue weighted by molar-refractivity contribution is 0.380. The molecule has 0 N–H and O–H groups in total. The first-order chi connectivity index (χ1) is 6.34. The molecular weight excluding hydrogens is 178 g/mol. The van der Waals surface area contributed by atoms with Crippen LogP contribution in [0, 0.1) is 0 Å². The zero-order chi connectivity index (χ0) is 9.52. The van der Waals surface area contributed by atoms with Gasteiger partial charge in [-0.05, 0) is 13.3 Å². The molecule has 0 amide bonds. The van der Waals surface area contributed by atoms with Gasteiger partial charge in [0, 0.05) is 30.3 Å². The molecule has 1 saturated heterocycles. The first-order valence-corrected chi connectivity index (χ1v) is 6.49. The van der Waals surface area contributed by atoms with E-state index >= 15 is 0 Å². The number of hydrogen-bond donors (Lipinski definition) is 0. The molecule has 76 valence electrons. The second kappa shape index (κ2) is 6.36. The van der Waals surface area contributed by atoms with E-state index in [2.05, 4.69) is 36.6 Å². The molecule has 0 bridgehead atoms. The highest BCUT2D eigenvalue weighted by Crippen LogP contribution is 2.14. The molecule has 1 heterocycles. The molecule has 0 unspecified atom stereocenters.